The first-order valence-corrected chi connectivity index (χ1v) is 9.68. The summed E-state index contributed by atoms with van der Waals surface area (Å²) < 4.78 is 25.7. The molecule has 0 saturated carbocycles. The highest BCUT2D eigenvalue weighted by molar-refractivity contribution is 7.92. The van der Waals surface area contributed by atoms with Gasteiger partial charge in [0.1, 0.15) is 0 Å². The maximum Gasteiger partial charge on any atom is 0.234 e. The van der Waals surface area contributed by atoms with Crippen molar-refractivity contribution in [2.24, 2.45) is 0 Å². The van der Waals surface area contributed by atoms with Gasteiger partial charge in [0.25, 0.3) is 0 Å². The fraction of sp³-hybridized carbons (Fsp3) is 0.400. The van der Waals surface area contributed by atoms with Crippen LogP contribution in [-0.4, -0.2) is 39.8 Å². The minimum absolute atomic E-state index is 0. The van der Waals surface area contributed by atoms with Crippen molar-refractivity contribution in [1.29, 1.82) is 0 Å². The van der Waals surface area contributed by atoms with Crippen LogP contribution in [0.2, 0.25) is 0 Å². The molecule has 0 radical (unpaired) electrons. The van der Waals surface area contributed by atoms with Gasteiger partial charge in [-0.2, -0.15) is 0 Å². The van der Waals surface area contributed by atoms with Gasteiger partial charge in [0.2, 0.25) is 10.0 Å². The van der Waals surface area contributed by atoms with Crippen molar-refractivity contribution in [2.75, 3.05) is 35.6 Å². The summed E-state index contributed by atoms with van der Waals surface area (Å²) >= 11 is 1.60. The summed E-state index contributed by atoms with van der Waals surface area (Å²) in [6.07, 6.45) is 0.757. The predicted octanol–water partition coefficient (Wildman–Crippen LogP) is 3.01. The summed E-state index contributed by atoms with van der Waals surface area (Å²) in [6, 6.07) is 5.92. The Morgan fingerprint density at radius 2 is 2.09 bits per heavy atom. The normalized spacial score (nSPS) is 13.6. The Morgan fingerprint density at radius 3 is 2.70 bits per heavy atom. The summed E-state index contributed by atoms with van der Waals surface area (Å²) in [5, 5.41) is 3.00. The maximum absolute atomic E-state index is 12.1. The molecule has 0 atom stereocenters. The smallest absolute Gasteiger partial charge is 0.234 e. The first-order chi connectivity index (χ1) is 10.4. The molecule has 2 heterocycles. The lowest BCUT2D eigenvalue weighted by Crippen LogP contribution is -2.30. The molecule has 0 N–H and O–H groups in total. The molecular weight excluding hydrogens is 354 g/mol. The molecule has 0 amide bonds. The number of benzene rings is 1. The van der Waals surface area contributed by atoms with E-state index in [1.807, 2.05) is 36.5 Å². The molecule has 0 saturated heterocycles. The molecule has 1 aromatic carbocycles. The number of hydrogen-bond acceptors (Lipinski definition) is 5. The highest BCUT2D eigenvalue weighted by Crippen LogP contribution is 2.35. The number of nitrogens with zero attached hydrogens (tertiary/aromatic N) is 3. The molecule has 1 aliphatic heterocycles. The van der Waals surface area contributed by atoms with E-state index in [-0.39, 0.29) is 18.2 Å². The van der Waals surface area contributed by atoms with Gasteiger partial charge in [-0.1, -0.05) is 6.07 Å². The van der Waals surface area contributed by atoms with Crippen LogP contribution in [0.1, 0.15) is 12.5 Å². The van der Waals surface area contributed by atoms with Crippen LogP contribution in [0.15, 0.2) is 23.6 Å². The Morgan fingerprint density at radius 1 is 1.35 bits per heavy atom. The van der Waals surface area contributed by atoms with Crippen LogP contribution in [0, 0.1) is 0 Å². The number of anilines is 2. The summed E-state index contributed by atoms with van der Waals surface area (Å²) in [5.74, 6) is 0.131. The standard InChI is InChI=1S/C15H19N3O2S2.ClH/c1-4-22(19,20)18-8-7-12-9-11(5-6-14(12)18)13-10-21-15(16-13)17(2)3;/h5-6,9-10H,4,7-8H2,1-3H3;1H. The summed E-state index contributed by atoms with van der Waals surface area (Å²) in [7, 11) is 0.759. The van der Waals surface area contributed by atoms with Gasteiger partial charge in [-0.3, -0.25) is 4.31 Å². The van der Waals surface area contributed by atoms with E-state index in [2.05, 4.69) is 11.1 Å². The SMILES string of the molecule is CCS(=O)(=O)N1CCc2cc(-c3csc(N(C)C)n3)ccc21.Cl. The Kier molecular flexibility index (Phi) is 5.23. The van der Waals surface area contributed by atoms with Crippen LogP contribution >= 0.6 is 23.7 Å². The van der Waals surface area contributed by atoms with Gasteiger partial charge in [0, 0.05) is 31.6 Å². The highest BCUT2D eigenvalue weighted by atomic mass is 35.5. The quantitative estimate of drug-likeness (QED) is 0.826. The van der Waals surface area contributed by atoms with Crippen molar-refractivity contribution in [2.45, 2.75) is 13.3 Å². The molecule has 0 spiro atoms. The number of rotatable bonds is 4. The minimum atomic E-state index is -3.18. The van der Waals surface area contributed by atoms with E-state index in [1.54, 1.807) is 18.3 Å². The van der Waals surface area contributed by atoms with Gasteiger partial charge in [0.05, 0.1) is 17.1 Å². The van der Waals surface area contributed by atoms with Gasteiger partial charge in [-0.25, -0.2) is 13.4 Å². The number of aromatic nitrogens is 1. The predicted molar refractivity (Wildman–Crippen MR) is 99.6 cm³/mol. The number of halogens is 1. The first kappa shape index (κ1) is 18.0. The Bertz CT molecular complexity index is 803. The molecule has 3 rings (SSSR count). The Balaban J connectivity index is 0.00000192. The topological polar surface area (TPSA) is 53.5 Å². The van der Waals surface area contributed by atoms with Crippen molar-refractivity contribution in [1.82, 2.24) is 4.98 Å². The molecule has 0 aliphatic carbocycles. The van der Waals surface area contributed by atoms with E-state index >= 15 is 0 Å². The van der Waals surface area contributed by atoms with Crippen molar-refractivity contribution in [3.05, 3.63) is 29.1 Å². The lowest BCUT2D eigenvalue weighted by molar-refractivity contribution is 0.593. The number of thiazole rings is 1. The fourth-order valence-electron chi connectivity index (χ4n) is 2.58. The van der Waals surface area contributed by atoms with Gasteiger partial charge in [-0.15, -0.1) is 23.7 Å². The van der Waals surface area contributed by atoms with E-state index in [0.717, 1.165) is 34.1 Å². The summed E-state index contributed by atoms with van der Waals surface area (Å²) in [6.45, 7) is 2.22. The molecule has 8 heteroatoms. The number of fused-ring (bicyclic) bond motifs is 1. The average Bonchev–Trinajstić information content (AvgIpc) is 3.13. The Hall–Kier alpha value is -1.31. The molecule has 126 valence electrons. The molecule has 5 nitrogen and oxygen atoms in total. The largest absolute Gasteiger partial charge is 0.354 e. The van der Waals surface area contributed by atoms with E-state index < -0.39 is 10.0 Å². The van der Waals surface area contributed by atoms with E-state index in [4.69, 9.17) is 0 Å². The van der Waals surface area contributed by atoms with Gasteiger partial charge in [-0.05, 0) is 31.0 Å². The lowest BCUT2D eigenvalue weighted by Gasteiger charge is -2.18. The molecule has 0 fully saturated rings. The number of sulfonamides is 1. The van der Waals surface area contributed by atoms with Crippen molar-refractivity contribution in [3.63, 3.8) is 0 Å². The zero-order chi connectivity index (χ0) is 15.9. The van der Waals surface area contributed by atoms with E-state index in [9.17, 15) is 8.42 Å². The molecule has 0 unspecified atom stereocenters. The maximum atomic E-state index is 12.1. The van der Waals surface area contributed by atoms with Gasteiger partial charge in [0.15, 0.2) is 5.13 Å². The van der Waals surface area contributed by atoms with Gasteiger partial charge < -0.3 is 4.90 Å². The van der Waals surface area contributed by atoms with Crippen LogP contribution in [-0.2, 0) is 16.4 Å². The minimum Gasteiger partial charge on any atom is -0.354 e. The van der Waals surface area contributed by atoms with Crippen molar-refractivity contribution >= 4 is 44.6 Å². The van der Waals surface area contributed by atoms with Crippen LogP contribution in [0.4, 0.5) is 10.8 Å². The van der Waals surface area contributed by atoms with Crippen LogP contribution in [0.3, 0.4) is 0 Å². The summed E-state index contributed by atoms with van der Waals surface area (Å²) in [4.78, 5) is 6.59. The third-order valence-electron chi connectivity index (χ3n) is 3.80. The van der Waals surface area contributed by atoms with Crippen LogP contribution in [0.25, 0.3) is 11.3 Å². The average molecular weight is 374 g/mol. The molecule has 0 bridgehead atoms. The zero-order valence-electron chi connectivity index (χ0n) is 13.3. The second-order valence-electron chi connectivity index (χ2n) is 5.48. The summed E-state index contributed by atoms with van der Waals surface area (Å²) in [5.41, 5.74) is 3.87. The Labute approximate surface area is 147 Å². The molecule has 23 heavy (non-hydrogen) atoms. The number of hydrogen-bond donors (Lipinski definition) is 0. The van der Waals surface area contributed by atoms with Crippen LogP contribution < -0.4 is 9.21 Å². The lowest BCUT2D eigenvalue weighted by atomic mass is 10.1. The van der Waals surface area contributed by atoms with Crippen molar-refractivity contribution in [3.8, 4) is 11.3 Å². The molecule has 1 aliphatic rings. The van der Waals surface area contributed by atoms with E-state index in [0.29, 0.717) is 6.54 Å². The van der Waals surface area contributed by atoms with Crippen molar-refractivity contribution < 1.29 is 8.42 Å². The van der Waals surface area contributed by atoms with E-state index in [1.165, 1.54) is 4.31 Å². The molecule has 1 aromatic heterocycles. The third-order valence-corrected chi connectivity index (χ3v) is 6.59. The third kappa shape index (κ3) is 3.32. The highest BCUT2D eigenvalue weighted by Gasteiger charge is 2.28. The zero-order valence-corrected chi connectivity index (χ0v) is 15.8. The second kappa shape index (κ2) is 6.67. The molecular formula is C15H20ClN3O2S2. The molecule has 2 aromatic rings. The monoisotopic (exact) mass is 373 g/mol. The second-order valence-corrected chi connectivity index (χ2v) is 8.49. The fourth-order valence-corrected chi connectivity index (χ4v) is 4.50. The van der Waals surface area contributed by atoms with Gasteiger partial charge >= 0.3 is 0 Å². The van der Waals surface area contributed by atoms with Crippen LogP contribution in [0.5, 0.6) is 0 Å². The first-order valence-electron chi connectivity index (χ1n) is 7.19.